The van der Waals surface area contributed by atoms with Gasteiger partial charge in [0.2, 0.25) is 5.91 Å². The molecule has 1 fully saturated rings. The number of hydrogen-bond acceptors (Lipinski definition) is 5. The van der Waals surface area contributed by atoms with Crippen LogP contribution < -0.4 is 4.74 Å². The quantitative estimate of drug-likeness (QED) is 0.655. The summed E-state index contributed by atoms with van der Waals surface area (Å²) in [5.74, 6) is 0.153. The second-order valence-electron chi connectivity index (χ2n) is 7.44. The number of rotatable bonds is 7. The molecule has 3 rings (SSSR count). The highest BCUT2D eigenvalue weighted by molar-refractivity contribution is 7.99. The number of aromatic nitrogens is 2. The maximum atomic E-state index is 12.7. The summed E-state index contributed by atoms with van der Waals surface area (Å²) in [5.41, 5.74) is 2.14. The van der Waals surface area contributed by atoms with Crippen molar-refractivity contribution in [1.29, 1.82) is 0 Å². The average Bonchev–Trinajstić information content (AvgIpc) is 2.70. The number of carbonyl (C=O) groups excluding carboxylic acids is 1. The smallest absolute Gasteiger partial charge is 0.316 e. The maximum absolute atomic E-state index is 12.7. The lowest BCUT2D eigenvalue weighted by Crippen LogP contribution is -2.45. The molecule has 0 radical (unpaired) electrons. The van der Waals surface area contributed by atoms with E-state index in [2.05, 4.69) is 55.0 Å². The summed E-state index contributed by atoms with van der Waals surface area (Å²) in [6.45, 7) is 7.81. The molecule has 0 bridgehead atoms. The number of benzene rings is 1. The van der Waals surface area contributed by atoms with Crippen LogP contribution >= 0.6 is 11.8 Å². The fourth-order valence-electron chi connectivity index (χ4n) is 3.24. The van der Waals surface area contributed by atoms with Crippen molar-refractivity contribution in [1.82, 2.24) is 14.9 Å². The Kier molecular flexibility index (Phi) is 7.31. The Hall–Kier alpha value is -2.08. The number of nitrogens with zero attached hydrogens (tertiary/aromatic N) is 3. The Morgan fingerprint density at radius 3 is 2.57 bits per heavy atom. The van der Waals surface area contributed by atoms with Crippen LogP contribution in [0.5, 0.6) is 6.01 Å². The highest BCUT2D eigenvalue weighted by atomic mass is 32.2. The number of carbonyl (C=O) groups is 1. The minimum absolute atomic E-state index is 0.0463. The van der Waals surface area contributed by atoms with Crippen LogP contribution in [0, 0.1) is 0 Å². The van der Waals surface area contributed by atoms with Gasteiger partial charge in [-0.25, -0.2) is 9.97 Å². The van der Waals surface area contributed by atoms with Gasteiger partial charge in [-0.3, -0.25) is 4.79 Å². The van der Waals surface area contributed by atoms with Crippen LogP contribution in [-0.4, -0.2) is 45.2 Å². The highest BCUT2D eigenvalue weighted by Crippen LogP contribution is 2.23. The summed E-state index contributed by atoms with van der Waals surface area (Å²) in [7, 11) is 0. The zero-order valence-electron chi connectivity index (χ0n) is 16.9. The summed E-state index contributed by atoms with van der Waals surface area (Å²) in [6, 6.07) is 8.72. The van der Waals surface area contributed by atoms with Gasteiger partial charge in [-0.1, -0.05) is 32.9 Å². The van der Waals surface area contributed by atoms with Crippen molar-refractivity contribution in [3.63, 3.8) is 0 Å². The van der Waals surface area contributed by atoms with Crippen molar-refractivity contribution in [2.24, 2.45) is 0 Å². The molecule has 0 aliphatic carbocycles. The summed E-state index contributed by atoms with van der Waals surface area (Å²) >= 11 is 1.83. The van der Waals surface area contributed by atoms with Gasteiger partial charge < -0.3 is 9.64 Å². The number of piperidine rings is 1. The Bertz CT molecular complexity index is 762. The van der Waals surface area contributed by atoms with Crippen LogP contribution in [0.4, 0.5) is 0 Å². The molecule has 2 heterocycles. The topological polar surface area (TPSA) is 55.3 Å². The molecular formula is C22H29N3O2S. The molecule has 0 N–H and O–H groups in total. The van der Waals surface area contributed by atoms with Crippen LogP contribution in [0.15, 0.2) is 41.6 Å². The van der Waals surface area contributed by atoms with Gasteiger partial charge in [0.15, 0.2) is 0 Å². The monoisotopic (exact) mass is 399 g/mol. The number of likely N-dealkylation sites (tertiary alicyclic amines) is 1. The third kappa shape index (κ3) is 5.96. The molecule has 0 saturated carbocycles. The Morgan fingerprint density at radius 2 is 1.93 bits per heavy atom. The number of thioether (sulfide) groups is 1. The van der Waals surface area contributed by atoms with E-state index in [0.29, 0.717) is 24.2 Å². The van der Waals surface area contributed by atoms with E-state index < -0.39 is 0 Å². The standard InChI is InChI=1S/C22H29N3O2S/c1-4-17-13-23-22(24-14-17)27-19-6-5-11-25(15-19)21(26)12-18-7-9-20(10-8-18)28-16(2)3/h7-10,13-14,16,19H,4-6,11-12,15H2,1-3H3. The fourth-order valence-corrected chi connectivity index (χ4v) is 4.08. The van der Waals surface area contributed by atoms with E-state index in [0.717, 1.165) is 36.9 Å². The van der Waals surface area contributed by atoms with Crippen LogP contribution in [0.2, 0.25) is 0 Å². The summed E-state index contributed by atoms with van der Waals surface area (Å²) in [4.78, 5) is 24.4. The molecule has 1 aliphatic rings. The first kappa shape index (κ1) is 20.6. The first-order valence-electron chi connectivity index (χ1n) is 10.0. The maximum Gasteiger partial charge on any atom is 0.316 e. The SMILES string of the molecule is CCc1cnc(OC2CCCN(C(=O)Cc3ccc(SC(C)C)cc3)C2)nc1. The molecule has 2 aromatic rings. The van der Waals surface area contributed by atoms with E-state index >= 15 is 0 Å². The molecule has 0 spiro atoms. The van der Waals surface area contributed by atoms with Gasteiger partial charge in [-0.05, 0) is 42.5 Å². The van der Waals surface area contributed by atoms with Gasteiger partial charge in [0.05, 0.1) is 13.0 Å². The summed E-state index contributed by atoms with van der Waals surface area (Å²) in [6.07, 6.45) is 6.75. The van der Waals surface area contributed by atoms with Crippen molar-refractivity contribution >= 4 is 17.7 Å². The highest BCUT2D eigenvalue weighted by Gasteiger charge is 2.25. The second-order valence-corrected chi connectivity index (χ2v) is 9.09. The van der Waals surface area contributed by atoms with Gasteiger partial charge in [-0.15, -0.1) is 11.8 Å². The van der Waals surface area contributed by atoms with Crippen LogP contribution in [0.3, 0.4) is 0 Å². The molecule has 1 atom stereocenters. The Balaban J connectivity index is 1.53. The van der Waals surface area contributed by atoms with Crippen molar-refractivity contribution in [2.45, 2.75) is 62.7 Å². The van der Waals surface area contributed by atoms with E-state index in [-0.39, 0.29) is 12.0 Å². The number of ether oxygens (including phenoxy) is 1. The van der Waals surface area contributed by atoms with E-state index in [4.69, 9.17) is 4.74 Å². The number of amides is 1. The predicted octanol–water partition coefficient (Wildman–Crippen LogP) is 4.15. The molecule has 6 heteroatoms. The molecule has 1 aromatic carbocycles. The van der Waals surface area contributed by atoms with E-state index in [1.54, 1.807) is 12.4 Å². The largest absolute Gasteiger partial charge is 0.458 e. The van der Waals surface area contributed by atoms with Gasteiger partial charge in [0.25, 0.3) is 0 Å². The molecule has 1 unspecified atom stereocenters. The molecule has 1 aliphatic heterocycles. The number of aryl methyl sites for hydroxylation is 1. The lowest BCUT2D eigenvalue weighted by molar-refractivity contribution is -0.133. The first-order chi connectivity index (χ1) is 13.5. The molecule has 1 amide bonds. The van der Waals surface area contributed by atoms with Crippen molar-refractivity contribution in [3.8, 4) is 6.01 Å². The third-order valence-corrected chi connectivity index (χ3v) is 5.76. The van der Waals surface area contributed by atoms with Gasteiger partial charge in [0, 0.05) is 29.1 Å². The fraction of sp³-hybridized carbons (Fsp3) is 0.500. The zero-order chi connectivity index (χ0) is 19.9. The van der Waals surface area contributed by atoms with Gasteiger partial charge in [-0.2, -0.15) is 0 Å². The molecular weight excluding hydrogens is 370 g/mol. The Morgan fingerprint density at radius 1 is 1.21 bits per heavy atom. The normalized spacial score (nSPS) is 17.0. The van der Waals surface area contributed by atoms with Crippen molar-refractivity contribution in [2.75, 3.05) is 13.1 Å². The van der Waals surface area contributed by atoms with Crippen molar-refractivity contribution in [3.05, 3.63) is 47.8 Å². The van der Waals surface area contributed by atoms with Gasteiger partial charge in [0.1, 0.15) is 6.10 Å². The molecule has 1 saturated heterocycles. The van der Waals surface area contributed by atoms with E-state index in [9.17, 15) is 4.79 Å². The van der Waals surface area contributed by atoms with Crippen LogP contribution in [0.1, 0.15) is 44.7 Å². The van der Waals surface area contributed by atoms with E-state index in [1.165, 1.54) is 4.90 Å². The van der Waals surface area contributed by atoms with Crippen LogP contribution in [0.25, 0.3) is 0 Å². The average molecular weight is 400 g/mol. The summed E-state index contributed by atoms with van der Waals surface area (Å²) < 4.78 is 5.92. The number of hydrogen-bond donors (Lipinski definition) is 0. The van der Waals surface area contributed by atoms with Gasteiger partial charge >= 0.3 is 6.01 Å². The first-order valence-corrected chi connectivity index (χ1v) is 10.9. The molecule has 28 heavy (non-hydrogen) atoms. The molecule has 5 nitrogen and oxygen atoms in total. The predicted molar refractivity (Wildman–Crippen MR) is 113 cm³/mol. The molecule has 150 valence electrons. The molecule has 1 aromatic heterocycles. The van der Waals surface area contributed by atoms with Crippen LogP contribution in [-0.2, 0) is 17.6 Å². The van der Waals surface area contributed by atoms with Crippen molar-refractivity contribution < 1.29 is 9.53 Å². The Labute approximate surface area is 171 Å². The van der Waals surface area contributed by atoms with E-state index in [1.807, 2.05) is 16.7 Å². The zero-order valence-corrected chi connectivity index (χ0v) is 17.7. The lowest BCUT2D eigenvalue weighted by Gasteiger charge is -2.32. The summed E-state index contributed by atoms with van der Waals surface area (Å²) in [5, 5.41) is 0.555. The lowest BCUT2D eigenvalue weighted by atomic mass is 10.1. The third-order valence-electron chi connectivity index (χ3n) is 4.74. The minimum atomic E-state index is -0.0463. The minimum Gasteiger partial charge on any atom is -0.458 e. The second kappa shape index (κ2) is 9.92.